The molecule has 0 radical (unpaired) electrons. The molecular weight excluding hydrogens is 769 g/mol. The van der Waals surface area contributed by atoms with Crippen molar-refractivity contribution >= 4 is 25.5 Å². The third-order valence-electron chi connectivity index (χ3n) is 9.20. The minimum atomic E-state index is -4.45. The lowest BCUT2D eigenvalue weighted by Gasteiger charge is -2.19. The Labute approximate surface area is 354 Å². The fourth-order valence-corrected chi connectivity index (χ4v) is 6.65. The topological polar surface area (TPSA) is 172 Å². The van der Waals surface area contributed by atoms with Crippen molar-refractivity contribution in [2.75, 3.05) is 26.4 Å². The molecular formula is C47H74NO10P. The molecule has 11 nitrogen and oxygen atoms in total. The molecule has 0 aromatic rings. The van der Waals surface area contributed by atoms with E-state index in [1.54, 1.807) is 12.2 Å². The minimum absolute atomic E-state index is 0.0111. The molecule has 0 aliphatic heterocycles. The van der Waals surface area contributed by atoms with E-state index < -0.39 is 38.6 Å². The highest BCUT2D eigenvalue weighted by Crippen LogP contribution is 2.43. The number of phosphoric acid groups is 1. The summed E-state index contributed by atoms with van der Waals surface area (Å²) in [5, 5.41) is 10.2. The van der Waals surface area contributed by atoms with E-state index in [-0.39, 0.29) is 50.2 Å². The molecule has 0 spiro atoms. The molecule has 1 aliphatic rings. The van der Waals surface area contributed by atoms with Crippen LogP contribution < -0.4 is 5.73 Å². The van der Waals surface area contributed by atoms with Crippen LogP contribution >= 0.6 is 7.82 Å². The zero-order valence-corrected chi connectivity index (χ0v) is 36.7. The van der Waals surface area contributed by atoms with Crippen molar-refractivity contribution in [2.24, 2.45) is 17.6 Å². The summed E-state index contributed by atoms with van der Waals surface area (Å²) in [7, 11) is -4.45. The van der Waals surface area contributed by atoms with Gasteiger partial charge in [0.25, 0.3) is 0 Å². The molecule has 1 rings (SSSR count). The number of hydrogen-bond acceptors (Lipinski definition) is 10. The number of ether oxygens (including phenoxy) is 2. The summed E-state index contributed by atoms with van der Waals surface area (Å²) < 4.78 is 32.7. The van der Waals surface area contributed by atoms with E-state index in [0.29, 0.717) is 32.1 Å². The van der Waals surface area contributed by atoms with E-state index in [9.17, 15) is 28.9 Å². The molecule has 0 fully saturated rings. The number of aliphatic hydroxyl groups is 1. The molecule has 12 heteroatoms. The molecule has 332 valence electrons. The van der Waals surface area contributed by atoms with Gasteiger partial charge in [0.2, 0.25) is 0 Å². The molecule has 0 saturated carbocycles. The highest BCUT2D eigenvalue weighted by Gasteiger charge is 2.27. The van der Waals surface area contributed by atoms with Crippen LogP contribution in [0.25, 0.3) is 0 Å². The van der Waals surface area contributed by atoms with Crippen molar-refractivity contribution in [3.05, 3.63) is 97.2 Å². The minimum Gasteiger partial charge on any atom is -0.462 e. The second-order valence-electron chi connectivity index (χ2n) is 14.5. The smallest absolute Gasteiger partial charge is 0.462 e. The van der Waals surface area contributed by atoms with Crippen LogP contribution in [-0.2, 0) is 37.5 Å². The van der Waals surface area contributed by atoms with Gasteiger partial charge in [-0.15, -0.1) is 0 Å². The summed E-state index contributed by atoms with van der Waals surface area (Å²) >= 11 is 0. The first-order valence-electron chi connectivity index (χ1n) is 21.8. The maximum absolute atomic E-state index is 12.7. The maximum atomic E-state index is 12.7. The van der Waals surface area contributed by atoms with Crippen LogP contribution in [0.5, 0.6) is 0 Å². The van der Waals surface area contributed by atoms with Crippen LogP contribution in [-0.4, -0.2) is 66.3 Å². The van der Waals surface area contributed by atoms with E-state index in [1.807, 2.05) is 24.3 Å². The predicted octanol–water partition coefficient (Wildman–Crippen LogP) is 10.2. The molecule has 1 unspecified atom stereocenters. The van der Waals surface area contributed by atoms with Crippen molar-refractivity contribution in [3.8, 4) is 0 Å². The van der Waals surface area contributed by atoms with Crippen LogP contribution in [0.2, 0.25) is 0 Å². The SMILES string of the molecule is CC/C=C\C/C=C\C/C=C\C/C=C\C/C=C\CCCCCC(=O)OC[C@H](COP(=O)(O)OCCN)OC(=O)CCC/C=C\C[C@H]1C=CC(=O)[C@@H]1/C=C/[C@@H](O)CCCCC. The van der Waals surface area contributed by atoms with Gasteiger partial charge in [0, 0.05) is 25.3 Å². The van der Waals surface area contributed by atoms with E-state index in [1.165, 1.54) is 0 Å². The van der Waals surface area contributed by atoms with Gasteiger partial charge in [-0.2, -0.15) is 0 Å². The summed E-state index contributed by atoms with van der Waals surface area (Å²) in [5.41, 5.74) is 5.34. The summed E-state index contributed by atoms with van der Waals surface area (Å²) in [6.07, 6.45) is 45.0. The summed E-state index contributed by atoms with van der Waals surface area (Å²) in [5.74, 6) is -1.28. The summed E-state index contributed by atoms with van der Waals surface area (Å²) in [6.45, 7) is 3.22. The Morgan fingerprint density at radius 2 is 1.41 bits per heavy atom. The van der Waals surface area contributed by atoms with E-state index in [4.69, 9.17) is 24.3 Å². The van der Waals surface area contributed by atoms with Crippen molar-refractivity contribution in [1.82, 2.24) is 0 Å². The highest BCUT2D eigenvalue weighted by atomic mass is 31.2. The molecule has 0 aromatic carbocycles. The van der Waals surface area contributed by atoms with Gasteiger partial charge >= 0.3 is 19.8 Å². The molecule has 1 aliphatic carbocycles. The lowest BCUT2D eigenvalue weighted by atomic mass is 9.90. The van der Waals surface area contributed by atoms with Crippen molar-refractivity contribution in [2.45, 2.75) is 142 Å². The number of ketones is 1. The average Bonchev–Trinajstić information content (AvgIpc) is 3.57. The molecule has 0 amide bonds. The molecule has 0 aromatic heterocycles. The van der Waals surface area contributed by atoms with Gasteiger partial charge in [0.1, 0.15) is 6.61 Å². The number of nitrogens with two attached hydrogens (primary N) is 1. The number of phosphoric ester groups is 1. The molecule has 0 heterocycles. The Hall–Kier alpha value is -3.44. The second kappa shape index (κ2) is 36.4. The second-order valence-corrected chi connectivity index (χ2v) is 15.9. The third kappa shape index (κ3) is 31.2. The molecule has 59 heavy (non-hydrogen) atoms. The number of hydrogen-bond donors (Lipinski definition) is 3. The van der Waals surface area contributed by atoms with Gasteiger partial charge in [0.15, 0.2) is 11.9 Å². The van der Waals surface area contributed by atoms with Gasteiger partial charge in [-0.1, -0.05) is 131 Å². The predicted molar refractivity (Wildman–Crippen MR) is 237 cm³/mol. The molecule has 5 atom stereocenters. The zero-order valence-electron chi connectivity index (χ0n) is 35.8. The average molecular weight is 844 g/mol. The van der Waals surface area contributed by atoms with E-state index >= 15 is 0 Å². The van der Waals surface area contributed by atoms with Gasteiger partial charge in [-0.3, -0.25) is 23.4 Å². The van der Waals surface area contributed by atoms with Gasteiger partial charge < -0.3 is 25.2 Å². The zero-order chi connectivity index (χ0) is 43.2. The van der Waals surface area contributed by atoms with E-state index in [0.717, 1.165) is 70.6 Å². The van der Waals surface area contributed by atoms with Crippen molar-refractivity contribution < 1.29 is 47.5 Å². The van der Waals surface area contributed by atoms with Crippen LogP contribution in [0.1, 0.15) is 129 Å². The maximum Gasteiger partial charge on any atom is 0.472 e. The molecule has 4 N–H and O–H groups in total. The molecule has 0 bridgehead atoms. The standard InChI is InChI=1S/C47H74NO10P/c1-3-5-7-8-9-10-11-12-13-14-15-16-17-18-19-20-21-22-27-31-46(51)55-39-43(40-57-59(53,54)56-38-37-48)58-47(52)32-28-24-23-26-29-41-33-36-45(50)44(41)35-34-42(49)30-25-6-4-2/h5,7,9-10,12-13,15-16,18-19,23,26,33-36,41-44,49H,3-4,6,8,11,14,17,20-22,24-25,27-32,37-40,48H2,1-2H3,(H,53,54)/b7-5-,10-9-,13-12-,16-15-,19-18-,26-23-,35-34+/t41-,42-,43+,44+/m0/s1. The fourth-order valence-electron chi connectivity index (χ4n) is 5.88. The van der Waals surface area contributed by atoms with Gasteiger partial charge in [-0.05, 0) is 89.0 Å². The Bertz CT molecular complexity index is 1430. The first kappa shape index (κ1) is 53.6. The number of unbranched alkanes of at least 4 members (excludes halogenated alkanes) is 6. The van der Waals surface area contributed by atoms with Crippen LogP contribution in [0.4, 0.5) is 0 Å². The number of aliphatic hydroxyl groups excluding tert-OH is 1. The van der Waals surface area contributed by atoms with Crippen LogP contribution in [0.3, 0.4) is 0 Å². The van der Waals surface area contributed by atoms with E-state index in [2.05, 4.69) is 74.6 Å². The van der Waals surface area contributed by atoms with Gasteiger partial charge in [0.05, 0.1) is 19.3 Å². The Kier molecular flexibility index (Phi) is 33.1. The number of esters is 2. The number of rotatable bonds is 36. The van der Waals surface area contributed by atoms with Crippen molar-refractivity contribution in [1.29, 1.82) is 0 Å². The van der Waals surface area contributed by atoms with Crippen LogP contribution in [0, 0.1) is 11.8 Å². The van der Waals surface area contributed by atoms with Crippen LogP contribution in [0.15, 0.2) is 97.2 Å². The number of carbonyl (C=O) groups excluding carboxylic acids is 3. The lowest BCUT2D eigenvalue weighted by Crippen LogP contribution is -2.29. The summed E-state index contributed by atoms with van der Waals surface area (Å²) in [6, 6.07) is 0. The lowest BCUT2D eigenvalue weighted by molar-refractivity contribution is -0.161. The summed E-state index contributed by atoms with van der Waals surface area (Å²) in [4.78, 5) is 47.4. The Morgan fingerprint density at radius 1 is 0.780 bits per heavy atom. The quantitative estimate of drug-likeness (QED) is 0.0237. The first-order chi connectivity index (χ1) is 28.6. The monoisotopic (exact) mass is 844 g/mol. The first-order valence-corrected chi connectivity index (χ1v) is 23.3. The van der Waals surface area contributed by atoms with Crippen molar-refractivity contribution in [3.63, 3.8) is 0 Å². The Morgan fingerprint density at radius 3 is 2.07 bits per heavy atom. The molecule has 0 saturated heterocycles. The fraction of sp³-hybridized carbons (Fsp3) is 0.596. The normalized spacial score (nSPS) is 18.2. The Balaban J connectivity index is 2.39. The number of allylic oxidation sites excluding steroid dienone is 15. The third-order valence-corrected chi connectivity index (χ3v) is 10.2. The number of carbonyl (C=O) groups is 3. The highest BCUT2D eigenvalue weighted by molar-refractivity contribution is 7.47. The van der Waals surface area contributed by atoms with Gasteiger partial charge in [-0.25, -0.2) is 4.57 Å². The largest absolute Gasteiger partial charge is 0.472 e.